The van der Waals surface area contributed by atoms with Crippen LogP contribution in [0, 0.1) is 0 Å². The molecule has 1 aromatic rings. The summed E-state index contributed by atoms with van der Waals surface area (Å²) in [7, 11) is 0. The van der Waals surface area contributed by atoms with Gasteiger partial charge in [-0.25, -0.2) is 0 Å². The lowest BCUT2D eigenvalue weighted by molar-refractivity contribution is 0.0834. The van der Waals surface area contributed by atoms with Gasteiger partial charge in [0.15, 0.2) is 0 Å². The number of benzene rings is 1. The second-order valence-corrected chi connectivity index (χ2v) is 5.89. The van der Waals surface area contributed by atoms with Crippen molar-refractivity contribution < 1.29 is 9.84 Å². The third kappa shape index (κ3) is 2.73. The lowest BCUT2D eigenvalue weighted by Crippen LogP contribution is -2.41. The van der Waals surface area contributed by atoms with E-state index in [4.69, 9.17) is 16.3 Å². The molecule has 2 aliphatic heterocycles. The molecule has 2 heterocycles. The molecule has 0 radical (unpaired) electrons. The maximum absolute atomic E-state index is 9.49. The van der Waals surface area contributed by atoms with Gasteiger partial charge in [0.1, 0.15) is 5.75 Å². The number of piperidine rings is 1. The maximum Gasteiger partial charge on any atom is 0.127 e. The zero-order chi connectivity index (χ0) is 13.2. The van der Waals surface area contributed by atoms with Crippen LogP contribution >= 0.6 is 11.6 Å². The van der Waals surface area contributed by atoms with E-state index in [-0.39, 0.29) is 12.6 Å². The average Bonchev–Trinajstić information content (AvgIpc) is 2.87. The summed E-state index contributed by atoms with van der Waals surface area (Å²) in [6, 6.07) is 4.30. The van der Waals surface area contributed by atoms with Gasteiger partial charge in [-0.05, 0) is 37.1 Å². The van der Waals surface area contributed by atoms with E-state index in [1.54, 1.807) is 0 Å². The van der Waals surface area contributed by atoms with Gasteiger partial charge >= 0.3 is 0 Å². The quantitative estimate of drug-likeness (QED) is 0.924. The Morgan fingerprint density at radius 3 is 3.11 bits per heavy atom. The highest BCUT2D eigenvalue weighted by Crippen LogP contribution is 2.34. The molecule has 2 aliphatic rings. The number of likely N-dealkylation sites (tertiary alicyclic amines) is 1. The van der Waals surface area contributed by atoms with E-state index in [2.05, 4.69) is 4.90 Å². The highest BCUT2D eigenvalue weighted by atomic mass is 35.5. The Morgan fingerprint density at radius 1 is 1.37 bits per heavy atom. The van der Waals surface area contributed by atoms with Crippen LogP contribution in [0.4, 0.5) is 0 Å². The third-order valence-electron chi connectivity index (χ3n) is 4.16. The zero-order valence-electron chi connectivity index (χ0n) is 11.1. The normalized spacial score (nSPS) is 23.2. The number of rotatable bonds is 3. The fourth-order valence-corrected chi connectivity index (χ4v) is 3.42. The topological polar surface area (TPSA) is 32.7 Å². The number of hydrogen-bond donors (Lipinski definition) is 1. The molecule has 3 rings (SSSR count). The molecule has 0 aliphatic carbocycles. The lowest BCUT2D eigenvalue weighted by atomic mass is 10.0. The third-order valence-corrected chi connectivity index (χ3v) is 4.38. The molecule has 0 saturated carbocycles. The number of aliphatic hydroxyl groups is 1. The second kappa shape index (κ2) is 5.70. The first kappa shape index (κ1) is 13.2. The van der Waals surface area contributed by atoms with Crippen LogP contribution in [0.5, 0.6) is 5.75 Å². The van der Waals surface area contributed by atoms with Crippen LogP contribution in [0.25, 0.3) is 0 Å². The molecule has 19 heavy (non-hydrogen) atoms. The first-order chi connectivity index (χ1) is 9.28. The Kier molecular flexibility index (Phi) is 3.96. The highest BCUT2D eigenvalue weighted by Gasteiger charge is 2.25. The van der Waals surface area contributed by atoms with Crippen LogP contribution in [0.15, 0.2) is 12.1 Å². The van der Waals surface area contributed by atoms with Gasteiger partial charge in [-0.1, -0.05) is 18.0 Å². The van der Waals surface area contributed by atoms with Crippen molar-refractivity contribution in [2.24, 2.45) is 0 Å². The standard InChI is InChI=1S/C15H20ClNO2/c16-13-7-11-4-6-19-15(11)12(8-13)9-17-5-2-1-3-14(17)10-18/h7-8,14,18H,1-6,9-10H2. The van der Waals surface area contributed by atoms with Gasteiger partial charge in [0.05, 0.1) is 13.2 Å². The molecule has 0 spiro atoms. The minimum absolute atomic E-state index is 0.240. The number of fused-ring (bicyclic) bond motifs is 1. The largest absolute Gasteiger partial charge is 0.493 e. The Labute approximate surface area is 119 Å². The van der Waals surface area contributed by atoms with Crippen molar-refractivity contribution in [1.82, 2.24) is 4.90 Å². The predicted molar refractivity (Wildman–Crippen MR) is 75.8 cm³/mol. The summed E-state index contributed by atoms with van der Waals surface area (Å²) >= 11 is 6.19. The van der Waals surface area contributed by atoms with Gasteiger partial charge in [-0.3, -0.25) is 4.90 Å². The molecular weight excluding hydrogens is 262 g/mol. The first-order valence-corrected chi connectivity index (χ1v) is 7.44. The number of halogens is 1. The van der Waals surface area contributed by atoms with Crippen molar-refractivity contribution in [3.05, 3.63) is 28.3 Å². The van der Waals surface area contributed by atoms with Crippen LogP contribution in [0.2, 0.25) is 5.02 Å². The highest BCUT2D eigenvalue weighted by molar-refractivity contribution is 6.30. The van der Waals surface area contributed by atoms with Crippen LogP contribution < -0.4 is 4.74 Å². The van der Waals surface area contributed by atoms with Crippen molar-refractivity contribution in [1.29, 1.82) is 0 Å². The maximum atomic E-state index is 9.49. The zero-order valence-corrected chi connectivity index (χ0v) is 11.8. The molecular formula is C15H20ClNO2. The molecule has 1 fully saturated rings. The molecule has 1 atom stereocenters. The molecule has 0 amide bonds. The molecule has 3 nitrogen and oxygen atoms in total. The summed E-state index contributed by atoms with van der Waals surface area (Å²) < 4.78 is 5.75. The first-order valence-electron chi connectivity index (χ1n) is 7.07. The molecule has 1 aromatic carbocycles. The fraction of sp³-hybridized carbons (Fsp3) is 0.600. The van der Waals surface area contributed by atoms with E-state index >= 15 is 0 Å². The number of aliphatic hydroxyl groups excluding tert-OH is 1. The monoisotopic (exact) mass is 281 g/mol. The summed E-state index contributed by atoms with van der Waals surface area (Å²) in [5.41, 5.74) is 2.39. The van der Waals surface area contributed by atoms with Crippen molar-refractivity contribution in [2.75, 3.05) is 19.8 Å². The van der Waals surface area contributed by atoms with Crippen molar-refractivity contribution >= 4 is 11.6 Å². The molecule has 0 aromatic heterocycles. The molecule has 1 saturated heterocycles. The van der Waals surface area contributed by atoms with Gasteiger partial charge in [0, 0.05) is 29.6 Å². The van der Waals surface area contributed by atoms with Gasteiger partial charge in [-0.2, -0.15) is 0 Å². The van der Waals surface area contributed by atoms with E-state index in [0.29, 0.717) is 0 Å². The Hall–Kier alpha value is -0.770. The Balaban J connectivity index is 1.82. The Bertz CT molecular complexity index is 464. The summed E-state index contributed by atoms with van der Waals surface area (Å²) in [6.45, 7) is 2.87. The van der Waals surface area contributed by atoms with Crippen LogP contribution in [0.3, 0.4) is 0 Å². The summed E-state index contributed by atoms with van der Waals surface area (Å²) in [5, 5.41) is 10.3. The fourth-order valence-electron chi connectivity index (χ4n) is 3.16. The number of hydrogen-bond acceptors (Lipinski definition) is 3. The average molecular weight is 282 g/mol. The van der Waals surface area contributed by atoms with Gasteiger partial charge in [0.25, 0.3) is 0 Å². The van der Waals surface area contributed by atoms with Gasteiger partial charge in [0.2, 0.25) is 0 Å². The van der Waals surface area contributed by atoms with Crippen LogP contribution in [-0.2, 0) is 13.0 Å². The van der Waals surface area contributed by atoms with Gasteiger partial charge in [-0.15, -0.1) is 0 Å². The van der Waals surface area contributed by atoms with E-state index in [1.165, 1.54) is 24.0 Å². The summed E-state index contributed by atoms with van der Waals surface area (Å²) in [4.78, 5) is 2.36. The van der Waals surface area contributed by atoms with E-state index in [1.807, 2.05) is 12.1 Å². The van der Waals surface area contributed by atoms with Crippen molar-refractivity contribution in [3.8, 4) is 5.75 Å². The van der Waals surface area contributed by atoms with E-state index in [0.717, 1.165) is 43.3 Å². The number of nitrogens with zero attached hydrogens (tertiary/aromatic N) is 1. The molecule has 1 N–H and O–H groups in total. The molecule has 4 heteroatoms. The molecule has 104 valence electrons. The smallest absolute Gasteiger partial charge is 0.127 e. The Morgan fingerprint density at radius 2 is 2.26 bits per heavy atom. The van der Waals surface area contributed by atoms with Crippen molar-refractivity contribution in [2.45, 2.75) is 38.3 Å². The molecule has 1 unspecified atom stereocenters. The van der Waals surface area contributed by atoms with Gasteiger partial charge < -0.3 is 9.84 Å². The summed E-state index contributed by atoms with van der Waals surface area (Å²) in [5.74, 6) is 1.02. The van der Waals surface area contributed by atoms with Crippen LogP contribution in [0.1, 0.15) is 30.4 Å². The van der Waals surface area contributed by atoms with Crippen LogP contribution in [-0.4, -0.2) is 35.8 Å². The second-order valence-electron chi connectivity index (χ2n) is 5.45. The van der Waals surface area contributed by atoms with E-state index in [9.17, 15) is 5.11 Å². The minimum Gasteiger partial charge on any atom is -0.493 e. The lowest BCUT2D eigenvalue weighted by Gasteiger charge is -2.34. The van der Waals surface area contributed by atoms with E-state index < -0.39 is 0 Å². The van der Waals surface area contributed by atoms with Crippen molar-refractivity contribution in [3.63, 3.8) is 0 Å². The minimum atomic E-state index is 0.240. The SMILES string of the molecule is OCC1CCCCN1Cc1cc(Cl)cc2c1OCC2. The summed E-state index contributed by atoms with van der Waals surface area (Å²) in [6.07, 6.45) is 4.46. The number of ether oxygens (including phenoxy) is 1. The molecule has 0 bridgehead atoms. The predicted octanol–water partition coefficient (Wildman–Crippen LogP) is 2.62.